The van der Waals surface area contributed by atoms with Gasteiger partial charge in [-0.3, -0.25) is 0 Å². The number of carbonyl (C=O) groups excluding carboxylic acids is 1. The van der Waals surface area contributed by atoms with E-state index in [1.807, 2.05) is 0 Å². The quantitative estimate of drug-likeness (QED) is 0.262. The SMILES string of the molecule is COC(=O)C1=CO[C@H](O[C@@H]2O[C@H](CO)[C@@H](O)[C@H](O)[C@H]2O)[C@H]2[C@@H]1[C@H](O)C[C@]2(C)O. The average molecular weight is 406 g/mol. The standard InChI is InChI=1S/C17H26O11/c1-17(24)3-7(19)9-6(14(23)25-2)5-26-15(10(9)17)28-16-13(22)12(21)11(20)8(4-18)27-16/h5,7-13,15-16,18-22,24H,3-4H2,1-2H3/t7-,8-,9+,10-,11-,12+,13-,15-,16+,17+/m1/s1. The van der Waals surface area contributed by atoms with Gasteiger partial charge in [-0.15, -0.1) is 0 Å². The third-order valence-electron chi connectivity index (χ3n) is 5.66. The summed E-state index contributed by atoms with van der Waals surface area (Å²) < 4.78 is 21.1. The smallest absolute Gasteiger partial charge is 0.337 e. The fraction of sp³-hybridized carbons (Fsp3) is 0.824. The first kappa shape index (κ1) is 21.4. The van der Waals surface area contributed by atoms with Gasteiger partial charge in [0.05, 0.1) is 43.2 Å². The number of ether oxygens (including phenoxy) is 4. The number of methoxy groups -OCH3 is 1. The van der Waals surface area contributed by atoms with Crippen LogP contribution < -0.4 is 0 Å². The molecule has 3 rings (SSSR count). The van der Waals surface area contributed by atoms with Crippen molar-refractivity contribution in [1.29, 1.82) is 0 Å². The van der Waals surface area contributed by atoms with Gasteiger partial charge < -0.3 is 49.6 Å². The molecule has 0 spiro atoms. The number of esters is 1. The van der Waals surface area contributed by atoms with Gasteiger partial charge in [0.2, 0.25) is 6.29 Å². The number of hydrogen-bond acceptors (Lipinski definition) is 11. The molecule has 1 saturated carbocycles. The predicted molar refractivity (Wildman–Crippen MR) is 88.1 cm³/mol. The van der Waals surface area contributed by atoms with Crippen LogP contribution in [0.4, 0.5) is 0 Å². The van der Waals surface area contributed by atoms with Crippen molar-refractivity contribution in [3.8, 4) is 0 Å². The average Bonchev–Trinajstić information content (AvgIpc) is 2.91. The second kappa shape index (κ2) is 7.84. The molecule has 0 radical (unpaired) electrons. The van der Waals surface area contributed by atoms with Crippen molar-refractivity contribution in [3.05, 3.63) is 11.8 Å². The molecule has 28 heavy (non-hydrogen) atoms. The molecule has 0 aromatic heterocycles. The first-order valence-corrected chi connectivity index (χ1v) is 8.92. The van der Waals surface area contributed by atoms with Gasteiger partial charge in [0, 0.05) is 12.3 Å². The molecule has 11 heteroatoms. The Morgan fingerprint density at radius 2 is 1.89 bits per heavy atom. The van der Waals surface area contributed by atoms with Gasteiger partial charge in [0.25, 0.3) is 0 Å². The number of aliphatic hydroxyl groups is 6. The molecular weight excluding hydrogens is 380 g/mol. The normalized spacial score (nSPS) is 48.4. The summed E-state index contributed by atoms with van der Waals surface area (Å²) in [5, 5.41) is 60.4. The van der Waals surface area contributed by atoms with Crippen LogP contribution in [0.5, 0.6) is 0 Å². The fourth-order valence-corrected chi connectivity index (χ4v) is 4.21. The van der Waals surface area contributed by atoms with Crippen molar-refractivity contribution < 1.29 is 54.4 Å². The molecule has 6 N–H and O–H groups in total. The topological polar surface area (TPSA) is 175 Å². The Bertz CT molecular complexity index is 618. The van der Waals surface area contributed by atoms with Crippen LogP contribution in [0, 0.1) is 11.8 Å². The number of carbonyl (C=O) groups is 1. The van der Waals surface area contributed by atoms with Gasteiger partial charge in [0.1, 0.15) is 24.4 Å². The Morgan fingerprint density at radius 1 is 1.21 bits per heavy atom. The summed E-state index contributed by atoms with van der Waals surface area (Å²) >= 11 is 0. The summed E-state index contributed by atoms with van der Waals surface area (Å²) in [4.78, 5) is 12.0. The number of hydrogen-bond donors (Lipinski definition) is 6. The zero-order valence-electron chi connectivity index (χ0n) is 15.4. The lowest BCUT2D eigenvalue weighted by molar-refractivity contribution is -0.346. The molecule has 0 unspecified atom stereocenters. The minimum Gasteiger partial charge on any atom is -0.471 e. The van der Waals surface area contributed by atoms with Gasteiger partial charge >= 0.3 is 5.97 Å². The maximum atomic E-state index is 12.0. The van der Waals surface area contributed by atoms with Crippen LogP contribution in [0.25, 0.3) is 0 Å². The lowest BCUT2D eigenvalue weighted by Crippen LogP contribution is -2.60. The van der Waals surface area contributed by atoms with E-state index in [9.17, 15) is 35.4 Å². The van der Waals surface area contributed by atoms with Crippen molar-refractivity contribution in [2.45, 2.75) is 62.0 Å². The molecule has 160 valence electrons. The van der Waals surface area contributed by atoms with Crippen LogP contribution in [0.15, 0.2) is 11.8 Å². The van der Waals surface area contributed by atoms with Crippen molar-refractivity contribution in [2.24, 2.45) is 11.8 Å². The van der Waals surface area contributed by atoms with E-state index in [1.54, 1.807) is 0 Å². The number of fused-ring (bicyclic) bond motifs is 1. The molecule has 11 nitrogen and oxygen atoms in total. The van der Waals surface area contributed by atoms with Crippen molar-refractivity contribution in [1.82, 2.24) is 0 Å². The lowest BCUT2D eigenvalue weighted by atomic mass is 9.80. The Labute approximate surface area is 160 Å². The fourth-order valence-electron chi connectivity index (χ4n) is 4.21. The van der Waals surface area contributed by atoms with Crippen LogP contribution in [0.3, 0.4) is 0 Å². The molecule has 0 amide bonds. The van der Waals surface area contributed by atoms with Crippen molar-refractivity contribution >= 4 is 5.97 Å². The Hall–Kier alpha value is -1.31. The lowest BCUT2D eigenvalue weighted by Gasteiger charge is -2.44. The van der Waals surface area contributed by atoms with Gasteiger partial charge in [-0.25, -0.2) is 4.79 Å². The van der Waals surface area contributed by atoms with Crippen molar-refractivity contribution in [2.75, 3.05) is 13.7 Å². The zero-order valence-corrected chi connectivity index (χ0v) is 15.4. The second-order valence-corrected chi connectivity index (χ2v) is 7.58. The Kier molecular flexibility index (Phi) is 5.99. The first-order chi connectivity index (χ1) is 13.1. The van der Waals surface area contributed by atoms with E-state index in [4.69, 9.17) is 18.9 Å². The summed E-state index contributed by atoms with van der Waals surface area (Å²) in [7, 11) is 1.17. The molecule has 3 aliphatic rings. The van der Waals surface area contributed by atoms with Crippen LogP contribution in [-0.2, 0) is 23.7 Å². The highest BCUT2D eigenvalue weighted by Gasteiger charge is 2.59. The molecule has 2 fully saturated rings. The summed E-state index contributed by atoms with van der Waals surface area (Å²) in [6.07, 6.45) is -8.88. The number of rotatable bonds is 4. The molecule has 1 saturated heterocycles. The van der Waals surface area contributed by atoms with Gasteiger partial charge in [0.15, 0.2) is 6.29 Å². The second-order valence-electron chi connectivity index (χ2n) is 7.58. The predicted octanol–water partition coefficient (Wildman–Crippen LogP) is -3.04. The van der Waals surface area contributed by atoms with Gasteiger partial charge in [-0.2, -0.15) is 0 Å². The minimum atomic E-state index is -1.66. The molecule has 1 aliphatic carbocycles. The van der Waals surface area contributed by atoms with Crippen LogP contribution in [0.1, 0.15) is 13.3 Å². The van der Waals surface area contributed by atoms with Gasteiger partial charge in [-0.05, 0) is 6.92 Å². The largest absolute Gasteiger partial charge is 0.471 e. The van der Waals surface area contributed by atoms with E-state index in [0.717, 1.165) is 6.26 Å². The molecule has 2 aliphatic heterocycles. The third kappa shape index (κ3) is 3.53. The van der Waals surface area contributed by atoms with Crippen LogP contribution >= 0.6 is 0 Å². The molecule has 0 bridgehead atoms. The molecule has 0 aromatic rings. The minimum absolute atomic E-state index is 0.0337. The monoisotopic (exact) mass is 406 g/mol. The Morgan fingerprint density at radius 3 is 2.50 bits per heavy atom. The van der Waals surface area contributed by atoms with E-state index < -0.39 is 73.1 Å². The van der Waals surface area contributed by atoms with E-state index in [1.165, 1.54) is 14.0 Å². The molecule has 0 aromatic carbocycles. The van der Waals surface area contributed by atoms with E-state index >= 15 is 0 Å². The van der Waals surface area contributed by atoms with Gasteiger partial charge in [-0.1, -0.05) is 0 Å². The Balaban J connectivity index is 1.86. The van der Waals surface area contributed by atoms with E-state index in [-0.39, 0.29) is 12.0 Å². The maximum Gasteiger partial charge on any atom is 0.337 e. The van der Waals surface area contributed by atoms with Crippen LogP contribution in [-0.4, -0.2) is 99.0 Å². The van der Waals surface area contributed by atoms with E-state index in [0.29, 0.717) is 0 Å². The van der Waals surface area contributed by atoms with Crippen LogP contribution in [0.2, 0.25) is 0 Å². The summed E-state index contributed by atoms with van der Waals surface area (Å²) in [5.74, 6) is -2.50. The highest BCUT2D eigenvalue weighted by molar-refractivity contribution is 5.89. The highest BCUT2D eigenvalue weighted by atomic mass is 16.8. The summed E-state index contributed by atoms with van der Waals surface area (Å²) in [6, 6.07) is 0. The molecule has 10 atom stereocenters. The highest BCUT2D eigenvalue weighted by Crippen LogP contribution is 2.49. The summed E-state index contributed by atoms with van der Waals surface area (Å²) in [6.45, 7) is 0.819. The molecule has 2 heterocycles. The zero-order chi connectivity index (χ0) is 20.8. The number of aliphatic hydroxyl groups excluding tert-OH is 5. The van der Waals surface area contributed by atoms with Crippen molar-refractivity contribution in [3.63, 3.8) is 0 Å². The first-order valence-electron chi connectivity index (χ1n) is 8.92. The van der Waals surface area contributed by atoms with E-state index in [2.05, 4.69) is 0 Å². The molecular formula is C17H26O11. The maximum absolute atomic E-state index is 12.0. The summed E-state index contributed by atoms with van der Waals surface area (Å²) in [5.41, 5.74) is -1.46. The third-order valence-corrected chi connectivity index (χ3v) is 5.66.